The van der Waals surface area contributed by atoms with E-state index >= 15 is 0 Å². The zero-order chi connectivity index (χ0) is 15.4. The fraction of sp³-hybridized carbons (Fsp3) is 0.625. The molecule has 1 aromatic carbocycles. The van der Waals surface area contributed by atoms with Gasteiger partial charge in [0.15, 0.2) is 0 Å². The van der Waals surface area contributed by atoms with Crippen LogP contribution in [0.4, 0.5) is 4.39 Å². The summed E-state index contributed by atoms with van der Waals surface area (Å²) in [4.78, 5) is 2.50. The van der Waals surface area contributed by atoms with Crippen LogP contribution in [0.5, 0.6) is 0 Å². The topological polar surface area (TPSA) is 15.3 Å². The molecule has 2 atom stereocenters. The first kappa shape index (κ1) is 17.0. The summed E-state index contributed by atoms with van der Waals surface area (Å²) in [6.45, 7) is 8.58. The molecule has 1 aromatic rings. The molecule has 1 aliphatic heterocycles. The van der Waals surface area contributed by atoms with Crippen LogP contribution in [0.3, 0.4) is 0 Å². The summed E-state index contributed by atoms with van der Waals surface area (Å²) < 4.78 is 13.6. The lowest BCUT2D eigenvalue weighted by atomic mass is 10.1. The first-order valence-electron chi connectivity index (χ1n) is 7.58. The second-order valence-electron chi connectivity index (χ2n) is 6.00. The summed E-state index contributed by atoms with van der Waals surface area (Å²) in [6.07, 6.45) is 2.62. The summed E-state index contributed by atoms with van der Waals surface area (Å²) in [5.41, 5.74) is 0.645. The summed E-state index contributed by atoms with van der Waals surface area (Å²) >= 11 is 12.2. The van der Waals surface area contributed by atoms with Crippen LogP contribution < -0.4 is 5.32 Å². The average molecular weight is 333 g/mol. The number of hydrogen-bond donors (Lipinski definition) is 1. The maximum absolute atomic E-state index is 13.6. The maximum Gasteiger partial charge on any atom is 0.142 e. The van der Waals surface area contributed by atoms with Crippen molar-refractivity contribution < 1.29 is 4.39 Å². The molecule has 0 spiro atoms. The standard InChI is InChI=1S/C16H23Cl2FN2/c1-11(10-21-7-3-4-8-21)9-20-12(2)15-13(17)5-6-14(19)16(15)18/h5-6,11-12,20H,3-4,7-10H2,1-2H3. The van der Waals surface area contributed by atoms with E-state index in [-0.39, 0.29) is 11.1 Å². The van der Waals surface area contributed by atoms with Crippen LogP contribution in [0.15, 0.2) is 12.1 Å². The minimum absolute atomic E-state index is 0.0678. The first-order valence-corrected chi connectivity index (χ1v) is 8.33. The van der Waals surface area contributed by atoms with Crippen molar-refractivity contribution in [3.63, 3.8) is 0 Å². The van der Waals surface area contributed by atoms with Gasteiger partial charge in [0, 0.05) is 23.2 Å². The Kier molecular flexibility index (Phi) is 6.30. The number of nitrogens with one attached hydrogen (secondary N) is 1. The van der Waals surface area contributed by atoms with Crippen LogP contribution >= 0.6 is 23.2 Å². The Hall–Kier alpha value is -0.350. The molecular formula is C16H23Cl2FN2. The summed E-state index contributed by atoms with van der Waals surface area (Å²) in [5, 5.41) is 4.05. The fourth-order valence-electron chi connectivity index (χ4n) is 2.89. The highest BCUT2D eigenvalue weighted by Crippen LogP contribution is 2.32. The first-order chi connectivity index (χ1) is 9.99. The highest BCUT2D eigenvalue weighted by atomic mass is 35.5. The van der Waals surface area contributed by atoms with Crippen molar-refractivity contribution in [1.29, 1.82) is 0 Å². The molecule has 5 heteroatoms. The van der Waals surface area contributed by atoms with Crippen molar-refractivity contribution >= 4 is 23.2 Å². The fourth-order valence-corrected chi connectivity index (χ4v) is 3.59. The Balaban J connectivity index is 1.89. The van der Waals surface area contributed by atoms with Crippen molar-refractivity contribution in [2.24, 2.45) is 5.92 Å². The molecule has 1 aliphatic rings. The predicted octanol–water partition coefficient (Wildman–Crippen LogP) is 4.52. The van der Waals surface area contributed by atoms with Crippen LogP contribution in [0.1, 0.15) is 38.3 Å². The van der Waals surface area contributed by atoms with E-state index in [0.29, 0.717) is 16.5 Å². The van der Waals surface area contributed by atoms with Gasteiger partial charge in [-0.05, 0) is 57.5 Å². The summed E-state index contributed by atoms with van der Waals surface area (Å²) in [7, 11) is 0. The van der Waals surface area contributed by atoms with Gasteiger partial charge in [0.25, 0.3) is 0 Å². The zero-order valence-corrected chi connectivity index (χ0v) is 14.1. The van der Waals surface area contributed by atoms with E-state index < -0.39 is 5.82 Å². The third-order valence-electron chi connectivity index (χ3n) is 4.05. The van der Waals surface area contributed by atoms with E-state index in [1.165, 1.54) is 32.0 Å². The molecule has 118 valence electrons. The monoisotopic (exact) mass is 332 g/mol. The zero-order valence-electron chi connectivity index (χ0n) is 12.6. The highest BCUT2D eigenvalue weighted by molar-refractivity contribution is 6.36. The maximum atomic E-state index is 13.6. The van der Waals surface area contributed by atoms with E-state index in [1.807, 2.05) is 6.92 Å². The number of halogens is 3. The molecule has 21 heavy (non-hydrogen) atoms. The van der Waals surface area contributed by atoms with E-state index in [1.54, 1.807) is 6.07 Å². The van der Waals surface area contributed by atoms with Crippen LogP contribution in [0, 0.1) is 11.7 Å². The second-order valence-corrected chi connectivity index (χ2v) is 6.78. The second kappa shape index (κ2) is 7.77. The van der Waals surface area contributed by atoms with Crippen LogP contribution in [0.2, 0.25) is 10.0 Å². The van der Waals surface area contributed by atoms with Gasteiger partial charge < -0.3 is 10.2 Å². The molecule has 2 nitrogen and oxygen atoms in total. The Morgan fingerprint density at radius 3 is 2.57 bits per heavy atom. The Bertz CT molecular complexity index is 476. The van der Waals surface area contributed by atoms with E-state index in [2.05, 4.69) is 17.1 Å². The van der Waals surface area contributed by atoms with Crippen molar-refractivity contribution in [3.05, 3.63) is 33.6 Å². The van der Waals surface area contributed by atoms with Gasteiger partial charge in [0.05, 0.1) is 5.02 Å². The molecule has 0 aromatic heterocycles. The summed E-state index contributed by atoms with van der Waals surface area (Å²) in [6, 6.07) is 2.79. The van der Waals surface area contributed by atoms with Gasteiger partial charge in [-0.1, -0.05) is 30.1 Å². The molecule has 2 unspecified atom stereocenters. The van der Waals surface area contributed by atoms with Gasteiger partial charge in [-0.25, -0.2) is 4.39 Å². The quantitative estimate of drug-likeness (QED) is 0.770. The van der Waals surface area contributed by atoms with Gasteiger partial charge in [0.2, 0.25) is 0 Å². The Morgan fingerprint density at radius 1 is 1.24 bits per heavy atom. The molecule has 0 amide bonds. The molecule has 0 radical (unpaired) electrons. The Labute approximate surface area is 136 Å². The molecule has 1 fully saturated rings. The van der Waals surface area contributed by atoms with Crippen molar-refractivity contribution in [3.8, 4) is 0 Å². The lowest BCUT2D eigenvalue weighted by molar-refractivity contribution is 0.279. The average Bonchev–Trinajstić information content (AvgIpc) is 2.94. The minimum Gasteiger partial charge on any atom is -0.310 e. The third kappa shape index (κ3) is 4.56. The molecule has 1 saturated heterocycles. The van der Waals surface area contributed by atoms with Crippen LogP contribution in [-0.2, 0) is 0 Å². The molecular weight excluding hydrogens is 310 g/mol. The van der Waals surface area contributed by atoms with Gasteiger partial charge >= 0.3 is 0 Å². The highest BCUT2D eigenvalue weighted by Gasteiger charge is 2.19. The van der Waals surface area contributed by atoms with Crippen molar-refractivity contribution in [1.82, 2.24) is 10.2 Å². The van der Waals surface area contributed by atoms with Gasteiger partial charge in [-0.15, -0.1) is 0 Å². The van der Waals surface area contributed by atoms with Crippen LogP contribution in [-0.4, -0.2) is 31.1 Å². The number of benzene rings is 1. The number of rotatable bonds is 6. The number of nitrogens with zero attached hydrogens (tertiary/aromatic N) is 1. The predicted molar refractivity (Wildman–Crippen MR) is 87.7 cm³/mol. The van der Waals surface area contributed by atoms with Gasteiger partial charge in [-0.2, -0.15) is 0 Å². The lowest BCUT2D eigenvalue weighted by Gasteiger charge is -2.23. The lowest BCUT2D eigenvalue weighted by Crippen LogP contribution is -2.32. The number of likely N-dealkylation sites (tertiary alicyclic amines) is 1. The SMILES string of the molecule is CC(CNC(C)c1c(Cl)ccc(F)c1Cl)CN1CCCC1. The molecule has 0 aliphatic carbocycles. The smallest absolute Gasteiger partial charge is 0.142 e. The van der Waals surface area contributed by atoms with Gasteiger partial charge in [-0.3, -0.25) is 0 Å². The van der Waals surface area contributed by atoms with Crippen molar-refractivity contribution in [2.75, 3.05) is 26.2 Å². The van der Waals surface area contributed by atoms with Gasteiger partial charge in [0.1, 0.15) is 5.82 Å². The van der Waals surface area contributed by atoms with Crippen molar-refractivity contribution in [2.45, 2.75) is 32.7 Å². The largest absolute Gasteiger partial charge is 0.310 e. The van der Waals surface area contributed by atoms with Crippen LogP contribution in [0.25, 0.3) is 0 Å². The molecule has 0 saturated carbocycles. The number of hydrogen-bond acceptors (Lipinski definition) is 2. The van der Waals surface area contributed by atoms with E-state index in [4.69, 9.17) is 23.2 Å². The molecule has 0 bridgehead atoms. The molecule has 2 rings (SSSR count). The molecule has 1 N–H and O–H groups in total. The van der Waals surface area contributed by atoms with E-state index in [9.17, 15) is 4.39 Å². The normalized spacial score (nSPS) is 18.9. The van der Waals surface area contributed by atoms with E-state index in [0.717, 1.165) is 13.1 Å². The summed E-state index contributed by atoms with van der Waals surface area (Å²) in [5.74, 6) is 0.117. The minimum atomic E-state index is -0.421. The molecule has 1 heterocycles. The third-order valence-corrected chi connectivity index (χ3v) is 4.77. The Morgan fingerprint density at radius 2 is 1.90 bits per heavy atom.